The molecule has 0 aliphatic carbocycles. The highest BCUT2D eigenvalue weighted by atomic mass is 19.1. The van der Waals surface area contributed by atoms with E-state index < -0.39 is 36.6 Å². The third-order valence-corrected chi connectivity index (χ3v) is 5.29. The van der Waals surface area contributed by atoms with Gasteiger partial charge in [0.25, 0.3) is 5.91 Å². The van der Waals surface area contributed by atoms with Crippen LogP contribution in [0.15, 0.2) is 18.2 Å². The summed E-state index contributed by atoms with van der Waals surface area (Å²) in [5, 5.41) is 8.93. The maximum atomic E-state index is 14.8. The molecule has 4 rings (SSSR count). The third-order valence-electron chi connectivity index (χ3n) is 5.29. The summed E-state index contributed by atoms with van der Waals surface area (Å²) in [6.07, 6.45) is 0.816. The van der Waals surface area contributed by atoms with Crippen LogP contribution < -0.4 is 10.6 Å². The second-order valence-electron chi connectivity index (χ2n) is 6.79. The van der Waals surface area contributed by atoms with Crippen molar-refractivity contribution in [2.75, 3.05) is 24.6 Å². The van der Waals surface area contributed by atoms with Crippen molar-refractivity contribution in [2.45, 2.75) is 25.0 Å². The minimum atomic E-state index is -1.05. The monoisotopic (exact) mass is 375 g/mol. The third kappa shape index (κ3) is 2.74. The van der Waals surface area contributed by atoms with Gasteiger partial charge in [-0.25, -0.2) is 9.18 Å². The van der Waals surface area contributed by atoms with Crippen molar-refractivity contribution in [3.05, 3.63) is 35.2 Å². The number of ether oxygens (including phenoxy) is 1. The predicted octanol–water partition coefficient (Wildman–Crippen LogP) is 0.169. The van der Waals surface area contributed by atoms with Crippen LogP contribution in [0.2, 0.25) is 0 Å². The van der Waals surface area contributed by atoms with Crippen LogP contribution in [0.25, 0.3) is 5.57 Å². The lowest BCUT2D eigenvalue weighted by molar-refractivity contribution is -0.133. The average molecular weight is 375 g/mol. The summed E-state index contributed by atoms with van der Waals surface area (Å²) in [4.78, 5) is 37.9. The largest absolute Gasteiger partial charge is 0.433 e. The van der Waals surface area contributed by atoms with Gasteiger partial charge in [0, 0.05) is 18.7 Å². The lowest BCUT2D eigenvalue weighted by Crippen LogP contribution is -2.41. The van der Waals surface area contributed by atoms with E-state index >= 15 is 0 Å². The summed E-state index contributed by atoms with van der Waals surface area (Å²) in [5.41, 5.74) is 7.61. The van der Waals surface area contributed by atoms with Gasteiger partial charge < -0.3 is 20.5 Å². The van der Waals surface area contributed by atoms with Gasteiger partial charge in [-0.15, -0.1) is 0 Å². The molecule has 3 aliphatic rings. The number of aliphatic hydroxyl groups excluding tert-OH is 1. The van der Waals surface area contributed by atoms with Crippen molar-refractivity contribution in [3.8, 4) is 0 Å². The minimum absolute atomic E-state index is 0.302. The van der Waals surface area contributed by atoms with E-state index in [1.165, 1.54) is 15.9 Å². The first-order valence-corrected chi connectivity index (χ1v) is 8.60. The number of rotatable bonds is 3. The predicted molar refractivity (Wildman–Crippen MR) is 92.1 cm³/mol. The number of carbonyl (C=O) groups excluding carboxylic acids is 3. The molecule has 1 fully saturated rings. The number of fused-ring (bicyclic) bond motifs is 3. The number of hydrogen-bond donors (Lipinski definition) is 2. The normalized spacial score (nSPS) is 23.6. The first-order chi connectivity index (χ1) is 12.9. The van der Waals surface area contributed by atoms with Gasteiger partial charge in [0.15, 0.2) is 0 Å². The lowest BCUT2D eigenvalue weighted by Gasteiger charge is -2.26. The number of primary amides is 1. The molecule has 3 N–H and O–H groups in total. The minimum Gasteiger partial charge on any atom is -0.433 e. The Kier molecular flexibility index (Phi) is 4.11. The molecular weight excluding hydrogens is 357 g/mol. The molecule has 2 atom stereocenters. The Morgan fingerprint density at radius 3 is 2.78 bits per heavy atom. The van der Waals surface area contributed by atoms with Crippen molar-refractivity contribution in [1.29, 1.82) is 0 Å². The molecule has 1 unspecified atom stereocenters. The highest BCUT2D eigenvalue weighted by Gasteiger charge is 2.50. The number of aliphatic hydroxyl groups is 1. The lowest BCUT2D eigenvalue weighted by atomic mass is 9.95. The molecular formula is C18H18FN3O5. The molecule has 3 amide bonds. The maximum Gasteiger partial charge on any atom is 0.415 e. The number of cyclic esters (lactones) is 1. The first kappa shape index (κ1) is 17.5. The van der Waals surface area contributed by atoms with Gasteiger partial charge in [0.05, 0.1) is 11.7 Å². The Bertz CT molecular complexity index is 884. The first-order valence-electron chi connectivity index (χ1n) is 8.60. The quantitative estimate of drug-likeness (QED) is 0.782. The molecule has 27 heavy (non-hydrogen) atoms. The summed E-state index contributed by atoms with van der Waals surface area (Å²) in [6, 6.07) is 2.41. The molecule has 0 radical (unpaired) electrons. The van der Waals surface area contributed by atoms with Crippen LogP contribution in [-0.2, 0) is 20.7 Å². The molecule has 1 aromatic rings. The average Bonchev–Trinajstić information content (AvgIpc) is 3.18. The Balaban J connectivity index is 1.63. The van der Waals surface area contributed by atoms with Gasteiger partial charge in [-0.2, -0.15) is 0 Å². The van der Waals surface area contributed by atoms with E-state index in [2.05, 4.69) is 0 Å². The highest BCUT2D eigenvalue weighted by molar-refractivity contribution is 5.99. The smallest absolute Gasteiger partial charge is 0.415 e. The van der Waals surface area contributed by atoms with E-state index in [4.69, 9.17) is 15.6 Å². The molecule has 8 nitrogen and oxygen atoms in total. The molecule has 1 saturated heterocycles. The number of halogens is 1. The highest BCUT2D eigenvalue weighted by Crippen LogP contribution is 2.41. The molecule has 0 bridgehead atoms. The van der Waals surface area contributed by atoms with Crippen LogP contribution in [0.4, 0.5) is 14.9 Å². The Labute approximate surface area is 154 Å². The van der Waals surface area contributed by atoms with Gasteiger partial charge in [-0.05, 0) is 36.1 Å². The topological polar surface area (TPSA) is 113 Å². The van der Waals surface area contributed by atoms with E-state index in [9.17, 15) is 18.8 Å². The Hall–Kier alpha value is -2.94. The number of carbonyl (C=O) groups is 3. The second-order valence-corrected chi connectivity index (χ2v) is 6.79. The van der Waals surface area contributed by atoms with Crippen LogP contribution in [-0.4, -0.2) is 59.8 Å². The van der Waals surface area contributed by atoms with E-state index in [1.54, 1.807) is 12.1 Å². The molecule has 1 aromatic carbocycles. The van der Waals surface area contributed by atoms with Crippen molar-refractivity contribution < 1.29 is 28.6 Å². The van der Waals surface area contributed by atoms with E-state index in [0.717, 1.165) is 11.1 Å². The van der Waals surface area contributed by atoms with Crippen molar-refractivity contribution in [2.24, 2.45) is 5.73 Å². The Morgan fingerprint density at radius 2 is 2.15 bits per heavy atom. The molecule has 3 heterocycles. The summed E-state index contributed by atoms with van der Waals surface area (Å²) in [6.45, 7) is 0.146. The van der Waals surface area contributed by atoms with Crippen molar-refractivity contribution >= 4 is 29.2 Å². The van der Waals surface area contributed by atoms with Gasteiger partial charge in [0.2, 0.25) is 12.0 Å². The number of benzene rings is 1. The zero-order chi connectivity index (χ0) is 19.3. The SMILES string of the molecule is NC(=O)C1OC(=O)N2c3cc(F)c(C4=CCN(C(=O)CO)CC4)cc3C[C@@H]12. The van der Waals surface area contributed by atoms with Crippen LogP contribution in [0, 0.1) is 5.82 Å². The number of amides is 3. The number of anilines is 1. The fourth-order valence-corrected chi connectivity index (χ4v) is 3.94. The molecule has 0 spiro atoms. The summed E-state index contributed by atoms with van der Waals surface area (Å²) >= 11 is 0. The zero-order valence-electron chi connectivity index (χ0n) is 14.4. The molecule has 0 aromatic heterocycles. The summed E-state index contributed by atoms with van der Waals surface area (Å²) in [7, 11) is 0. The fraction of sp³-hybridized carbons (Fsp3) is 0.389. The van der Waals surface area contributed by atoms with Crippen LogP contribution in [0.3, 0.4) is 0 Å². The number of nitrogens with zero attached hydrogens (tertiary/aromatic N) is 2. The fourth-order valence-electron chi connectivity index (χ4n) is 3.94. The van der Waals surface area contributed by atoms with E-state index in [1.807, 2.05) is 0 Å². The summed E-state index contributed by atoms with van der Waals surface area (Å²) in [5.74, 6) is -1.58. The number of nitrogens with two attached hydrogens (primary N) is 1. The van der Waals surface area contributed by atoms with Gasteiger partial charge in [-0.1, -0.05) is 6.08 Å². The molecule has 9 heteroatoms. The van der Waals surface area contributed by atoms with E-state index in [-0.39, 0.29) is 5.91 Å². The van der Waals surface area contributed by atoms with Crippen molar-refractivity contribution in [1.82, 2.24) is 4.90 Å². The standard InChI is InChI=1S/C18H18FN3O5/c19-12-7-13-10(6-14-16(17(20)25)27-18(26)22(13)14)5-11(12)9-1-3-21(4-2-9)15(24)8-23/h1,5,7,14,16,23H,2-4,6,8H2,(H2,20,25)/t14-,16?/m0/s1. The van der Waals surface area contributed by atoms with Gasteiger partial charge >= 0.3 is 6.09 Å². The maximum absolute atomic E-state index is 14.8. The van der Waals surface area contributed by atoms with Gasteiger partial charge in [0.1, 0.15) is 12.4 Å². The molecule has 0 saturated carbocycles. The van der Waals surface area contributed by atoms with Gasteiger partial charge in [-0.3, -0.25) is 14.5 Å². The molecule has 142 valence electrons. The Morgan fingerprint density at radius 1 is 1.37 bits per heavy atom. The number of hydrogen-bond acceptors (Lipinski definition) is 5. The van der Waals surface area contributed by atoms with E-state index in [0.29, 0.717) is 37.2 Å². The van der Waals surface area contributed by atoms with Crippen LogP contribution >= 0.6 is 0 Å². The van der Waals surface area contributed by atoms with Crippen LogP contribution in [0.5, 0.6) is 0 Å². The second kappa shape index (κ2) is 6.34. The summed E-state index contributed by atoms with van der Waals surface area (Å²) < 4.78 is 19.8. The van der Waals surface area contributed by atoms with Crippen LogP contribution in [0.1, 0.15) is 17.5 Å². The molecule has 3 aliphatic heterocycles. The van der Waals surface area contributed by atoms with Crippen molar-refractivity contribution in [3.63, 3.8) is 0 Å². The zero-order valence-corrected chi connectivity index (χ0v) is 14.4.